The molecule has 2 aromatic carbocycles. The lowest BCUT2D eigenvalue weighted by Crippen LogP contribution is -2.14. The minimum atomic E-state index is -0.584. The lowest BCUT2D eigenvalue weighted by molar-refractivity contribution is -0.115. The van der Waals surface area contributed by atoms with Gasteiger partial charge in [0.25, 0.3) is 0 Å². The first-order chi connectivity index (χ1) is 15.5. The molecule has 0 radical (unpaired) electrons. The molecule has 0 saturated carbocycles. The fourth-order valence-corrected chi connectivity index (χ4v) is 4.51. The van der Waals surface area contributed by atoms with Gasteiger partial charge in [-0.2, -0.15) is 0 Å². The van der Waals surface area contributed by atoms with Crippen molar-refractivity contribution in [3.05, 3.63) is 64.5 Å². The Labute approximate surface area is 190 Å². The molecule has 0 aliphatic rings. The van der Waals surface area contributed by atoms with E-state index < -0.39 is 11.6 Å². The van der Waals surface area contributed by atoms with Crippen molar-refractivity contribution in [2.24, 2.45) is 0 Å². The Hall–Kier alpha value is -3.37. The van der Waals surface area contributed by atoms with Crippen LogP contribution in [0.3, 0.4) is 0 Å². The number of nitrogens with zero attached hydrogens (tertiary/aromatic N) is 2. The predicted molar refractivity (Wildman–Crippen MR) is 120 cm³/mol. The van der Waals surface area contributed by atoms with Gasteiger partial charge in [0.2, 0.25) is 5.91 Å². The van der Waals surface area contributed by atoms with Gasteiger partial charge in [-0.1, -0.05) is 0 Å². The van der Waals surface area contributed by atoms with Crippen LogP contribution in [0.5, 0.6) is 11.5 Å². The summed E-state index contributed by atoms with van der Waals surface area (Å²) < 4.78 is 37.9. The molecule has 0 bridgehead atoms. The van der Waals surface area contributed by atoms with Crippen molar-refractivity contribution in [3.8, 4) is 33.3 Å². The van der Waals surface area contributed by atoms with Crippen LogP contribution in [0.25, 0.3) is 21.8 Å². The average Bonchev–Trinajstić information content (AvgIpc) is 3.44. The van der Waals surface area contributed by atoms with E-state index in [1.165, 1.54) is 11.3 Å². The fourth-order valence-electron chi connectivity index (χ4n) is 2.97. The summed E-state index contributed by atoms with van der Waals surface area (Å²) >= 11 is 2.54. The lowest BCUT2D eigenvalue weighted by Gasteiger charge is -2.08. The number of ether oxygens (including phenoxy) is 2. The molecule has 0 spiro atoms. The topological polar surface area (TPSA) is 73.3 Å². The molecular weight excluding hydrogens is 456 g/mol. The van der Waals surface area contributed by atoms with E-state index in [0.717, 1.165) is 40.1 Å². The van der Waals surface area contributed by atoms with Crippen LogP contribution in [0, 0.1) is 11.6 Å². The molecule has 6 nitrogen and oxygen atoms in total. The summed E-state index contributed by atoms with van der Waals surface area (Å²) in [6.45, 7) is 0. The van der Waals surface area contributed by atoms with E-state index >= 15 is 0 Å². The van der Waals surface area contributed by atoms with Gasteiger partial charge in [0.1, 0.15) is 16.6 Å². The molecule has 2 aromatic heterocycles. The van der Waals surface area contributed by atoms with Gasteiger partial charge in [0.15, 0.2) is 16.6 Å². The maximum atomic E-state index is 13.9. The molecule has 0 saturated heterocycles. The van der Waals surface area contributed by atoms with Crippen molar-refractivity contribution >= 4 is 33.7 Å². The highest BCUT2D eigenvalue weighted by Crippen LogP contribution is 2.33. The van der Waals surface area contributed by atoms with Crippen molar-refractivity contribution in [1.29, 1.82) is 0 Å². The first-order valence-corrected chi connectivity index (χ1v) is 11.1. The Morgan fingerprint density at radius 1 is 1.00 bits per heavy atom. The van der Waals surface area contributed by atoms with Crippen molar-refractivity contribution in [3.63, 3.8) is 0 Å². The third-order valence-electron chi connectivity index (χ3n) is 4.48. The normalized spacial score (nSPS) is 10.8. The average molecular weight is 474 g/mol. The van der Waals surface area contributed by atoms with Gasteiger partial charge in [-0.05, 0) is 36.4 Å². The second kappa shape index (κ2) is 9.41. The first-order valence-electron chi connectivity index (χ1n) is 9.34. The molecule has 0 atom stereocenters. The molecule has 1 amide bonds. The summed E-state index contributed by atoms with van der Waals surface area (Å²) in [6, 6.07) is 8.64. The number of aromatic nitrogens is 2. The van der Waals surface area contributed by atoms with Crippen LogP contribution >= 0.6 is 22.7 Å². The maximum Gasteiger partial charge on any atom is 0.232 e. The number of halogens is 2. The SMILES string of the molecule is COc1ccc(-c2nc(CC(=O)Nc3nc(-c4cc(F)ccc4F)cs3)cs2)cc1OC. The van der Waals surface area contributed by atoms with Crippen LogP contribution in [0.2, 0.25) is 0 Å². The van der Waals surface area contributed by atoms with Crippen LogP contribution < -0.4 is 14.8 Å². The van der Waals surface area contributed by atoms with Gasteiger partial charge >= 0.3 is 0 Å². The molecule has 0 unspecified atom stereocenters. The number of methoxy groups -OCH3 is 2. The third-order valence-corrected chi connectivity index (χ3v) is 6.18. The van der Waals surface area contributed by atoms with Crippen LogP contribution in [0.15, 0.2) is 47.2 Å². The molecule has 1 N–H and O–H groups in total. The molecule has 10 heteroatoms. The Morgan fingerprint density at radius 2 is 1.81 bits per heavy atom. The van der Waals surface area contributed by atoms with Crippen molar-refractivity contribution in [2.45, 2.75) is 6.42 Å². The molecule has 4 aromatic rings. The number of hydrogen-bond acceptors (Lipinski definition) is 7. The van der Waals surface area contributed by atoms with E-state index in [4.69, 9.17) is 9.47 Å². The summed E-state index contributed by atoms with van der Waals surface area (Å²) in [6.07, 6.45) is 0.0486. The number of carbonyl (C=O) groups excluding carboxylic acids is 1. The first kappa shape index (κ1) is 21.8. The van der Waals surface area contributed by atoms with Gasteiger partial charge in [-0.25, -0.2) is 18.7 Å². The second-order valence-electron chi connectivity index (χ2n) is 6.60. The Balaban J connectivity index is 1.43. The van der Waals surface area contributed by atoms with Crippen LogP contribution in [0.4, 0.5) is 13.9 Å². The number of thiazole rings is 2. The minimum Gasteiger partial charge on any atom is -0.493 e. The van der Waals surface area contributed by atoms with Crippen LogP contribution in [0.1, 0.15) is 5.69 Å². The number of nitrogens with one attached hydrogen (secondary N) is 1. The zero-order chi connectivity index (χ0) is 22.7. The van der Waals surface area contributed by atoms with Gasteiger partial charge in [-0.15, -0.1) is 22.7 Å². The molecule has 2 heterocycles. The monoisotopic (exact) mass is 473 g/mol. The van der Waals surface area contributed by atoms with E-state index in [1.54, 1.807) is 31.0 Å². The molecule has 0 aliphatic heterocycles. The molecule has 0 aliphatic carbocycles. The smallest absolute Gasteiger partial charge is 0.232 e. The number of benzene rings is 2. The number of anilines is 1. The highest BCUT2D eigenvalue weighted by molar-refractivity contribution is 7.14. The summed E-state index contributed by atoms with van der Waals surface area (Å²) in [5, 5.41) is 7.08. The van der Waals surface area contributed by atoms with Crippen LogP contribution in [-0.4, -0.2) is 30.1 Å². The third kappa shape index (κ3) is 4.76. The zero-order valence-electron chi connectivity index (χ0n) is 17.0. The Bertz CT molecular complexity index is 1270. The van der Waals surface area contributed by atoms with Crippen molar-refractivity contribution in [2.75, 3.05) is 19.5 Å². The maximum absolute atomic E-state index is 13.9. The predicted octanol–water partition coefficient (Wildman–Crippen LogP) is 5.41. The molecule has 164 valence electrons. The van der Waals surface area contributed by atoms with Crippen LogP contribution in [-0.2, 0) is 11.2 Å². The zero-order valence-corrected chi connectivity index (χ0v) is 18.7. The number of amides is 1. The van der Waals surface area contributed by atoms with E-state index in [-0.39, 0.29) is 23.6 Å². The number of carbonyl (C=O) groups is 1. The van der Waals surface area contributed by atoms with E-state index in [0.29, 0.717) is 22.3 Å². The molecule has 4 rings (SSSR count). The Kier molecular flexibility index (Phi) is 6.42. The highest BCUT2D eigenvalue weighted by atomic mass is 32.1. The van der Waals surface area contributed by atoms with Gasteiger partial charge in [0.05, 0.1) is 32.0 Å². The summed E-state index contributed by atoms with van der Waals surface area (Å²) in [7, 11) is 3.13. The lowest BCUT2D eigenvalue weighted by atomic mass is 10.1. The standard InChI is InChI=1S/C22H17F2N3O3S2/c1-29-18-6-3-12(7-19(18)30-2)21-25-14(10-31-21)9-20(28)27-22-26-17(11-32-22)15-8-13(23)4-5-16(15)24/h3-8,10-11H,9H2,1-2H3,(H,26,27,28). The van der Waals surface area contributed by atoms with E-state index in [9.17, 15) is 13.6 Å². The molecule has 0 fully saturated rings. The second-order valence-corrected chi connectivity index (χ2v) is 8.32. The highest BCUT2D eigenvalue weighted by Gasteiger charge is 2.15. The van der Waals surface area contributed by atoms with E-state index in [1.807, 2.05) is 12.1 Å². The fraction of sp³-hybridized carbons (Fsp3) is 0.136. The summed E-state index contributed by atoms with van der Waals surface area (Å²) in [5.74, 6) is -0.245. The van der Waals surface area contributed by atoms with E-state index in [2.05, 4.69) is 15.3 Å². The minimum absolute atomic E-state index is 0.0424. The van der Waals surface area contributed by atoms with Crippen molar-refractivity contribution < 1.29 is 23.0 Å². The Morgan fingerprint density at radius 3 is 2.59 bits per heavy atom. The quantitative estimate of drug-likeness (QED) is 0.389. The summed E-state index contributed by atoms with van der Waals surface area (Å²) in [5.41, 5.74) is 1.75. The van der Waals surface area contributed by atoms with Gasteiger partial charge < -0.3 is 14.8 Å². The van der Waals surface area contributed by atoms with Gasteiger partial charge in [0, 0.05) is 21.9 Å². The van der Waals surface area contributed by atoms with Gasteiger partial charge in [-0.3, -0.25) is 4.79 Å². The number of rotatable bonds is 7. The largest absolute Gasteiger partial charge is 0.493 e. The number of hydrogen-bond donors (Lipinski definition) is 1. The van der Waals surface area contributed by atoms with Crippen molar-refractivity contribution in [1.82, 2.24) is 9.97 Å². The molecule has 32 heavy (non-hydrogen) atoms. The molecular formula is C22H17F2N3O3S2. The summed E-state index contributed by atoms with van der Waals surface area (Å²) in [4.78, 5) is 21.1.